The molecule has 0 amide bonds. The molecule has 2 rings (SSSR count). The fourth-order valence-electron chi connectivity index (χ4n) is 3.48. The second-order valence-corrected chi connectivity index (χ2v) is 9.79. The first-order valence-electron chi connectivity index (χ1n) is 11.7. The highest BCUT2D eigenvalue weighted by molar-refractivity contribution is 7.87. The first kappa shape index (κ1) is 27.5. The third kappa shape index (κ3) is 11.4. The number of rotatable bonds is 16. The molecule has 8 heteroatoms. The summed E-state index contributed by atoms with van der Waals surface area (Å²) >= 11 is 0. The zero-order valence-electron chi connectivity index (χ0n) is 19.4. The van der Waals surface area contributed by atoms with E-state index in [2.05, 4.69) is 12.1 Å². The van der Waals surface area contributed by atoms with E-state index >= 15 is 0 Å². The molecule has 0 radical (unpaired) electrons. The fourth-order valence-corrected chi connectivity index (χ4v) is 4.14. The molecule has 2 aromatic carbocycles. The van der Waals surface area contributed by atoms with Crippen molar-refractivity contribution in [3.63, 3.8) is 0 Å². The molecule has 34 heavy (non-hydrogen) atoms. The molecule has 0 saturated heterocycles. The van der Waals surface area contributed by atoms with E-state index in [1.807, 2.05) is 48.5 Å². The van der Waals surface area contributed by atoms with E-state index in [1.54, 1.807) is 0 Å². The number of unbranched alkanes of at least 4 members (excludes halogenated alkanes) is 4. The van der Waals surface area contributed by atoms with Crippen LogP contribution in [0.3, 0.4) is 0 Å². The van der Waals surface area contributed by atoms with Gasteiger partial charge in [-0.1, -0.05) is 60.7 Å². The van der Waals surface area contributed by atoms with Gasteiger partial charge >= 0.3 is 11.9 Å². The van der Waals surface area contributed by atoms with Gasteiger partial charge in [0.05, 0.1) is 19.6 Å². The molecule has 0 aliphatic carbocycles. The number of esters is 2. The van der Waals surface area contributed by atoms with Gasteiger partial charge in [0.25, 0.3) is 10.1 Å². The second kappa shape index (κ2) is 15.2. The summed E-state index contributed by atoms with van der Waals surface area (Å²) < 4.78 is 42.6. The molecular formula is C26H34O7S. The number of ether oxygens (including phenoxy) is 2. The van der Waals surface area contributed by atoms with Crippen LogP contribution in [0.1, 0.15) is 56.1 Å². The Hall–Kier alpha value is -2.71. The van der Waals surface area contributed by atoms with Crippen LogP contribution in [0.2, 0.25) is 0 Å². The summed E-state index contributed by atoms with van der Waals surface area (Å²) in [4.78, 5) is 24.2. The van der Waals surface area contributed by atoms with Crippen molar-refractivity contribution in [2.24, 2.45) is 0 Å². The van der Waals surface area contributed by atoms with Crippen LogP contribution in [0.4, 0.5) is 0 Å². The predicted octanol–water partition coefficient (Wildman–Crippen LogP) is 4.55. The number of benzene rings is 2. The summed E-state index contributed by atoms with van der Waals surface area (Å²) in [6.45, 7) is 0.151. The Bertz CT molecular complexity index is 959. The van der Waals surface area contributed by atoms with Gasteiger partial charge in [-0.05, 0) is 62.5 Å². The van der Waals surface area contributed by atoms with E-state index in [0.717, 1.165) is 38.5 Å². The van der Waals surface area contributed by atoms with Gasteiger partial charge in [0.15, 0.2) is 5.25 Å². The molecule has 0 spiro atoms. The maximum absolute atomic E-state index is 12.2. The van der Waals surface area contributed by atoms with Gasteiger partial charge < -0.3 is 9.47 Å². The van der Waals surface area contributed by atoms with Gasteiger partial charge in [-0.3, -0.25) is 14.1 Å². The molecule has 1 atom stereocenters. The van der Waals surface area contributed by atoms with Gasteiger partial charge in [-0.2, -0.15) is 8.42 Å². The maximum Gasteiger partial charge on any atom is 0.327 e. The van der Waals surface area contributed by atoms with Crippen LogP contribution in [0, 0.1) is 0 Å². The molecule has 186 valence electrons. The Balaban J connectivity index is 1.61. The monoisotopic (exact) mass is 490 g/mol. The van der Waals surface area contributed by atoms with Crippen molar-refractivity contribution in [2.45, 2.75) is 63.0 Å². The number of carbonyl (C=O) groups excluding carboxylic acids is 2. The minimum Gasteiger partial charge on any atom is -0.466 e. The molecule has 0 fully saturated rings. The van der Waals surface area contributed by atoms with Crippen molar-refractivity contribution in [1.29, 1.82) is 0 Å². The lowest BCUT2D eigenvalue weighted by Gasteiger charge is -2.13. The molecule has 0 aromatic heterocycles. The summed E-state index contributed by atoms with van der Waals surface area (Å²) in [6, 6.07) is 20.0. The highest BCUT2D eigenvalue weighted by Gasteiger charge is 2.35. The number of hydrogen-bond donors (Lipinski definition) is 1. The molecule has 0 saturated carbocycles. The molecule has 0 aliphatic heterocycles. The van der Waals surface area contributed by atoms with Crippen LogP contribution in [0.5, 0.6) is 0 Å². The predicted molar refractivity (Wildman–Crippen MR) is 130 cm³/mol. The molecule has 1 unspecified atom stereocenters. The van der Waals surface area contributed by atoms with Crippen molar-refractivity contribution in [3.8, 4) is 0 Å². The van der Waals surface area contributed by atoms with Crippen LogP contribution in [0.15, 0.2) is 60.7 Å². The lowest BCUT2D eigenvalue weighted by atomic mass is 10.1. The molecule has 0 heterocycles. The van der Waals surface area contributed by atoms with Gasteiger partial charge in [0, 0.05) is 0 Å². The van der Waals surface area contributed by atoms with Crippen molar-refractivity contribution in [2.75, 3.05) is 13.2 Å². The molecule has 0 bridgehead atoms. The van der Waals surface area contributed by atoms with Gasteiger partial charge in [-0.25, -0.2) is 0 Å². The highest BCUT2D eigenvalue weighted by Crippen LogP contribution is 2.12. The van der Waals surface area contributed by atoms with Gasteiger partial charge in [0.1, 0.15) is 0 Å². The van der Waals surface area contributed by atoms with E-state index in [1.165, 1.54) is 11.1 Å². The molecule has 2 aromatic rings. The Labute approximate surface area is 202 Å². The Kier molecular flexibility index (Phi) is 12.3. The average molecular weight is 491 g/mol. The topological polar surface area (TPSA) is 107 Å². The smallest absolute Gasteiger partial charge is 0.327 e. The van der Waals surface area contributed by atoms with Crippen molar-refractivity contribution >= 4 is 22.1 Å². The fraction of sp³-hybridized carbons (Fsp3) is 0.462. The largest absolute Gasteiger partial charge is 0.466 e. The Morgan fingerprint density at radius 3 is 1.65 bits per heavy atom. The Morgan fingerprint density at radius 2 is 1.18 bits per heavy atom. The quantitative estimate of drug-likeness (QED) is 0.209. The van der Waals surface area contributed by atoms with Gasteiger partial charge in [-0.15, -0.1) is 0 Å². The number of hydrogen-bond acceptors (Lipinski definition) is 6. The second-order valence-electron chi connectivity index (χ2n) is 8.19. The lowest BCUT2D eigenvalue weighted by Crippen LogP contribution is -2.34. The van der Waals surface area contributed by atoms with Crippen molar-refractivity contribution in [1.82, 2.24) is 0 Å². The normalized spacial score (nSPS) is 12.1. The summed E-state index contributed by atoms with van der Waals surface area (Å²) in [5.41, 5.74) is 2.46. The molecule has 0 aliphatic rings. The summed E-state index contributed by atoms with van der Waals surface area (Å²) in [6.07, 6.45) is 5.73. The van der Waals surface area contributed by atoms with E-state index in [-0.39, 0.29) is 13.2 Å². The van der Waals surface area contributed by atoms with Crippen LogP contribution in [-0.2, 0) is 42.0 Å². The zero-order chi connectivity index (χ0) is 24.7. The SMILES string of the molecule is O=C(CC(C(=O)OCCCCCc1ccccc1)S(=O)(=O)O)OCCCCCc1ccccc1. The van der Waals surface area contributed by atoms with Crippen LogP contribution in [-0.4, -0.2) is 43.4 Å². The average Bonchev–Trinajstić information content (AvgIpc) is 2.82. The third-order valence-electron chi connectivity index (χ3n) is 5.39. The third-order valence-corrected chi connectivity index (χ3v) is 6.47. The van der Waals surface area contributed by atoms with E-state index in [0.29, 0.717) is 12.8 Å². The number of aryl methyl sites for hydroxylation is 2. The van der Waals surface area contributed by atoms with E-state index < -0.39 is 33.7 Å². The van der Waals surface area contributed by atoms with E-state index in [4.69, 9.17) is 9.47 Å². The van der Waals surface area contributed by atoms with E-state index in [9.17, 15) is 22.6 Å². The van der Waals surface area contributed by atoms with Crippen LogP contribution < -0.4 is 0 Å². The molecule has 7 nitrogen and oxygen atoms in total. The van der Waals surface area contributed by atoms with Gasteiger partial charge in [0.2, 0.25) is 0 Å². The maximum atomic E-state index is 12.2. The van der Waals surface area contributed by atoms with Crippen LogP contribution in [0.25, 0.3) is 0 Å². The zero-order valence-corrected chi connectivity index (χ0v) is 20.3. The first-order valence-corrected chi connectivity index (χ1v) is 13.2. The lowest BCUT2D eigenvalue weighted by molar-refractivity contribution is -0.150. The summed E-state index contributed by atoms with van der Waals surface area (Å²) in [5, 5.41) is -1.97. The summed E-state index contributed by atoms with van der Waals surface area (Å²) in [7, 11) is -4.79. The van der Waals surface area contributed by atoms with Crippen molar-refractivity contribution in [3.05, 3.63) is 71.8 Å². The highest BCUT2D eigenvalue weighted by atomic mass is 32.2. The standard InChI is InChI=1S/C26H34O7S/c27-25(32-19-11-3-9-17-22-13-5-1-6-14-22)21-24(34(29,30)31)26(28)33-20-12-4-10-18-23-15-7-2-8-16-23/h1-2,5-8,13-16,24H,3-4,9-12,17-21H2,(H,29,30,31). The Morgan fingerprint density at radius 1 is 0.706 bits per heavy atom. The molecular weight excluding hydrogens is 456 g/mol. The van der Waals surface area contributed by atoms with Crippen molar-refractivity contribution < 1.29 is 32.0 Å². The number of carbonyl (C=O) groups is 2. The first-order chi connectivity index (χ1) is 16.4. The minimum absolute atomic E-state index is 0.0239. The minimum atomic E-state index is -4.79. The molecule has 1 N–H and O–H groups in total. The van der Waals surface area contributed by atoms with Crippen LogP contribution >= 0.6 is 0 Å². The summed E-state index contributed by atoms with van der Waals surface area (Å²) in [5.74, 6) is -1.99.